The Morgan fingerprint density at radius 1 is 1.05 bits per heavy atom. The van der Waals surface area contributed by atoms with Crippen LogP contribution >= 0.6 is 0 Å². The Bertz CT molecular complexity index is 1500. The van der Waals surface area contributed by atoms with Crippen LogP contribution in [0.5, 0.6) is 0 Å². The van der Waals surface area contributed by atoms with Gasteiger partial charge in [0.05, 0.1) is 19.1 Å². The van der Waals surface area contributed by atoms with Crippen LogP contribution in [0.1, 0.15) is 40.3 Å². The van der Waals surface area contributed by atoms with Crippen molar-refractivity contribution in [2.75, 3.05) is 7.11 Å². The van der Waals surface area contributed by atoms with Crippen LogP contribution in [0.4, 0.5) is 0 Å². The zero-order chi connectivity index (χ0) is 25.8. The first kappa shape index (κ1) is 24.5. The first-order valence-electron chi connectivity index (χ1n) is 11.4. The lowest BCUT2D eigenvalue weighted by atomic mass is 10.0. The fourth-order valence-electron chi connectivity index (χ4n) is 4.13. The molecular weight excluding hydrogens is 496 g/mol. The Morgan fingerprint density at radius 3 is 2.51 bits per heavy atom. The molecule has 1 atom stereocenters. The minimum atomic E-state index is -3.59. The highest BCUT2D eigenvalue weighted by Crippen LogP contribution is 2.34. The molecule has 1 N–H and O–H groups in total. The number of rotatable bonds is 9. The summed E-state index contributed by atoms with van der Waals surface area (Å²) in [5.74, 6) is -0.511. The fraction of sp³-hybridized carbons (Fsp3) is 0.192. The topological polar surface area (TPSA) is 128 Å². The van der Waals surface area contributed by atoms with Crippen LogP contribution < -0.4 is 5.48 Å². The SMILES string of the molecule is CONC1=CN(C(=O)c2ccc(-c3ccccc3)cc2)C(c2nc(CS(=O)(=O)Cc3ccco3)no2)C1. The molecule has 5 rings (SSSR count). The molecule has 190 valence electrons. The molecule has 0 bridgehead atoms. The van der Waals surface area contributed by atoms with Crippen molar-refractivity contribution >= 4 is 15.7 Å². The maximum atomic E-state index is 13.5. The van der Waals surface area contributed by atoms with Crippen LogP contribution in [-0.2, 0) is 26.2 Å². The number of carbonyl (C=O) groups is 1. The number of aromatic nitrogens is 2. The summed E-state index contributed by atoms with van der Waals surface area (Å²) >= 11 is 0. The summed E-state index contributed by atoms with van der Waals surface area (Å²) in [6.45, 7) is 0. The molecule has 0 radical (unpaired) electrons. The summed E-state index contributed by atoms with van der Waals surface area (Å²) in [4.78, 5) is 24.3. The van der Waals surface area contributed by atoms with E-state index in [0.29, 0.717) is 23.4 Å². The molecule has 10 nitrogen and oxygen atoms in total. The molecule has 0 aliphatic carbocycles. The second-order valence-electron chi connectivity index (χ2n) is 8.50. The van der Waals surface area contributed by atoms with Gasteiger partial charge in [0.15, 0.2) is 15.7 Å². The van der Waals surface area contributed by atoms with Gasteiger partial charge in [-0.2, -0.15) is 4.98 Å². The first-order valence-corrected chi connectivity index (χ1v) is 13.3. The summed E-state index contributed by atoms with van der Waals surface area (Å²) in [6.07, 6.45) is 3.36. The number of nitrogens with one attached hydrogen (secondary N) is 1. The van der Waals surface area contributed by atoms with E-state index in [4.69, 9.17) is 13.8 Å². The van der Waals surface area contributed by atoms with Gasteiger partial charge in [-0.05, 0) is 35.4 Å². The van der Waals surface area contributed by atoms with E-state index in [9.17, 15) is 13.2 Å². The van der Waals surface area contributed by atoms with Gasteiger partial charge in [0.25, 0.3) is 5.91 Å². The average molecular weight is 521 g/mol. The van der Waals surface area contributed by atoms with Gasteiger partial charge in [-0.25, -0.2) is 8.42 Å². The van der Waals surface area contributed by atoms with Crippen LogP contribution in [0.25, 0.3) is 11.1 Å². The highest BCUT2D eigenvalue weighted by atomic mass is 32.2. The molecule has 0 spiro atoms. The lowest BCUT2D eigenvalue weighted by Gasteiger charge is -2.20. The van der Waals surface area contributed by atoms with Gasteiger partial charge in [0, 0.05) is 18.2 Å². The molecule has 1 aliphatic rings. The van der Waals surface area contributed by atoms with Crippen molar-refractivity contribution in [3.63, 3.8) is 0 Å². The van der Waals surface area contributed by atoms with E-state index in [2.05, 4.69) is 15.6 Å². The number of hydrogen-bond donors (Lipinski definition) is 1. The third kappa shape index (κ3) is 5.63. The van der Waals surface area contributed by atoms with Crippen LogP contribution in [-0.4, -0.2) is 36.5 Å². The number of carbonyl (C=O) groups excluding carboxylic acids is 1. The molecule has 37 heavy (non-hydrogen) atoms. The van der Waals surface area contributed by atoms with Crippen molar-refractivity contribution < 1.29 is 27.0 Å². The standard InChI is InChI=1S/C26H24N4O6S/c1-34-28-21-14-23(25-27-24(29-36-25)17-37(32,33)16-22-8-5-13-35-22)30(15-21)26(31)20-11-9-19(10-12-20)18-6-3-2-4-7-18/h2-13,15,23,28H,14,16-17H2,1H3. The number of benzene rings is 2. The van der Waals surface area contributed by atoms with E-state index < -0.39 is 21.6 Å². The van der Waals surface area contributed by atoms with Crippen LogP contribution in [0.15, 0.2) is 93.8 Å². The monoisotopic (exact) mass is 520 g/mol. The minimum absolute atomic E-state index is 0.00863. The van der Waals surface area contributed by atoms with E-state index in [0.717, 1.165) is 11.1 Å². The third-order valence-corrected chi connectivity index (χ3v) is 7.23. The summed E-state index contributed by atoms with van der Waals surface area (Å²) in [6, 6.07) is 19.7. The third-order valence-electron chi connectivity index (χ3n) is 5.81. The highest BCUT2D eigenvalue weighted by molar-refractivity contribution is 7.89. The van der Waals surface area contributed by atoms with Gasteiger partial charge in [0.2, 0.25) is 5.89 Å². The zero-order valence-corrected chi connectivity index (χ0v) is 20.7. The van der Waals surface area contributed by atoms with Crippen LogP contribution in [0.3, 0.4) is 0 Å². The fourth-order valence-corrected chi connectivity index (χ4v) is 5.34. The smallest absolute Gasteiger partial charge is 0.258 e. The Morgan fingerprint density at radius 2 is 1.81 bits per heavy atom. The predicted octanol–water partition coefficient (Wildman–Crippen LogP) is 4.02. The van der Waals surface area contributed by atoms with Crippen molar-refractivity contribution in [3.8, 4) is 11.1 Å². The Kier molecular flexibility index (Phi) is 6.89. The molecule has 4 aromatic rings. The van der Waals surface area contributed by atoms with Crippen molar-refractivity contribution in [2.45, 2.75) is 24.0 Å². The molecule has 0 fully saturated rings. The number of hydrogen-bond acceptors (Lipinski definition) is 9. The van der Waals surface area contributed by atoms with Crippen molar-refractivity contribution in [3.05, 3.63) is 108 Å². The normalized spacial score (nSPS) is 15.5. The van der Waals surface area contributed by atoms with E-state index in [1.807, 2.05) is 42.5 Å². The van der Waals surface area contributed by atoms with Crippen molar-refractivity contribution in [1.29, 1.82) is 0 Å². The number of hydroxylamine groups is 1. The molecule has 0 saturated heterocycles. The second kappa shape index (κ2) is 10.4. The molecule has 1 unspecified atom stereocenters. The van der Waals surface area contributed by atoms with Gasteiger partial charge >= 0.3 is 0 Å². The van der Waals surface area contributed by atoms with Gasteiger partial charge in [-0.15, -0.1) is 0 Å². The minimum Gasteiger partial charge on any atom is -0.468 e. The van der Waals surface area contributed by atoms with E-state index in [1.165, 1.54) is 18.3 Å². The number of nitrogens with zero attached hydrogens (tertiary/aromatic N) is 3. The molecule has 3 heterocycles. The molecule has 2 aromatic carbocycles. The molecule has 1 aliphatic heterocycles. The highest BCUT2D eigenvalue weighted by Gasteiger charge is 2.36. The summed E-state index contributed by atoms with van der Waals surface area (Å²) in [5, 5.41) is 3.85. The molecule has 11 heteroatoms. The van der Waals surface area contributed by atoms with E-state index in [-0.39, 0.29) is 23.4 Å². The predicted molar refractivity (Wildman–Crippen MR) is 133 cm³/mol. The molecular formula is C26H24N4O6S. The summed E-state index contributed by atoms with van der Waals surface area (Å²) < 4.78 is 35.6. The Balaban J connectivity index is 1.35. The Labute approximate surface area is 213 Å². The average Bonchev–Trinajstić information content (AvgIpc) is 3.66. The number of sulfone groups is 1. The van der Waals surface area contributed by atoms with Crippen molar-refractivity contribution in [2.24, 2.45) is 0 Å². The summed E-state index contributed by atoms with van der Waals surface area (Å²) in [7, 11) is -2.12. The first-order chi connectivity index (χ1) is 17.9. The van der Waals surface area contributed by atoms with Gasteiger partial charge in [0.1, 0.15) is 23.3 Å². The van der Waals surface area contributed by atoms with Gasteiger partial charge in [-0.3, -0.25) is 15.1 Å². The van der Waals surface area contributed by atoms with Crippen LogP contribution in [0.2, 0.25) is 0 Å². The maximum Gasteiger partial charge on any atom is 0.258 e. The summed E-state index contributed by atoms with van der Waals surface area (Å²) in [5.41, 5.74) is 5.89. The largest absolute Gasteiger partial charge is 0.468 e. The van der Waals surface area contributed by atoms with Crippen molar-refractivity contribution in [1.82, 2.24) is 20.5 Å². The van der Waals surface area contributed by atoms with Crippen LogP contribution in [0, 0.1) is 0 Å². The lowest BCUT2D eigenvalue weighted by molar-refractivity contribution is 0.0760. The second-order valence-corrected chi connectivity index (χ2v) is 10.6. The number of furan rings is 1. The molecule has 1 amide bonds. The van der Waals surface area contributed by atoms with Gasteiger partial charge < -0.3 is 13.8 Å². The quantitative estimate of drug-likeness (QED) is 0.325. The lowest BCUT2D eigenvalue weighted by Crippen LogP contribution is -2.27. The Hall–Kier alpha value is -4.22. The molecule has 2 aromatic heterocycles. The maximum absolute atomic E-state index is 13.5. The number of amides is 1. The molecule has 0 saturated carbocycles. The zero-order valence-electron chi connectivity index (χ0n) is 19.9. The van der Waals surface area contributed by atoms with Gasteiger partial charge in [-0.1, -0.05) is 47.6 Å². The van der Waals surface area contributed by atoms with E-state index in [1.54, 1.807) is 30.5 Å². The van der Waals surface area contributed by atoms with E-state index >= 15 is 0 Å².